The highest BCUT2D eigenvalue weighted by Crippen LogP contribution is 2.26. The van der Waals surface area contributed by atoms with Crippen LogP contribution in [-0.4, -0.2) is 10.9 Å². The quantitative estimate of drug-likeness (QED) is 0.615. The molecule has 4 nitrogen and oxygen atoms in total. The molecule has 3 aromatic rings. The average molecular weight is 393 g/mol. The van der Waals surface area contributed by atoms with Crippen molar-refractivity contribution < 1.29 is 9.53 Å². The number of hydrogen-bond donors (Lipinski definition) is 1. The molecule has 25 heavy (non-hydrogen) atoms. The molecule has 0 saturated heterocycles. The number of ether oxygens (including phenoxy) is 1. The van der Waals surface area contributed by atoms with Crippen LogP contribution in [0.3, 0.4) is 0 Å². The first-order chi connectivity index (χ1) is 12.0. The van der Waals surface area contributed by atoms with Crippen LogP contribution >= 0.6 is 34.5 Å². The first-order valence-corrected chi connectivity index (χ1v) is 9.05. The summed E-state index contributed by atoms with van der Waals surface area (Å²) in [6, 6.07) is 11.8. The molecule has 0 saturated carbocycles. The summed E-state index contributed by atoms with van der Waals surface area (Å²) in [7, 11) is 0. The fourth-order valence-electron chi connectivity index (χ4n) is 2.15. The molecule has 1 heterocycles. The van der Waals surface area contributed by atoms with E-state index in [1.807, 2.05) is 12.3 Å². The van der Waals surface area contributed by atoms with Gasteiger partial charge in [0.2, 0.25) is 0 Å². The molecule has 7 heteroatoms. The Morgan fingerprint density at radius 1 is 1.24 bits per heavy atom. The van der Waals surface area contributed by atoms with Crippen molar-refractivity contribution in [3.8, 4) is 5.75 Å². The predicted molar refractivity (Wildman–Crippen MR) is 102 cm³/mol. The Kier molecular flexibility index (Phi) is 5.58. The van der Waals surface area contributed by atoms with Crippen LogP contribution in [0, 0.1) is 6.92 Å². The highest BCUT2D eigenvalue weighted by Gasteiger charge is 2.10. The van der Waals surface area contributed by atoms with Crippen molar-refractivity contribution in [1.82, 2.24) is 4.98 Å². The molecule has 0 atom stereocenters. The van der Waals surface area contributed by atoms with Gasteiger partial charge in [-0.05, 0) is 43.3 Å². The number of benzene rings is 2. The number of thiazole rings is 1. The van der Waals surface area contributed by atoms with Crippen molar-refractivity contribution in [3.63, 3.8) is 0 Å². The molecule has 1 amide bonds. The van der Waals surface area contributed by atoms with Gasteiger partial charge in [0, 0.05) is 16.0 Å². The largest absolute Gasteiger partial charge is 0.487 e. The van der Waals surface area contributed by atoms with Crippen molar-refractivity contribution in [1.29, 1.82) is 0 Å². The SMILES string of the molecule is Cc1nc(COc2cccc(C(=O)Nc3cc(Cl)ccc3Cl)c2)cs1. The van der Waals surface area contributed by atoms with Gasteiger partial charge in [-0.1, -0.05) is 29.3 Å². The molecule has 128 valence electrons. The summed E-state index contributed by atoms with van der Waals surface area (Å²) >= 11 is 13.6. The number of carbonyl (C=O) groups excluding carboxylic acids is 1. The van der Waals surface area contributed by atoms with Gasteiger partial charge in [0.15, 0.2) is 0 Å². The van der Waals surface area contributed by atoms with Crippen LogP contribution in [0.5, 0.6) is 5.75 Å². The fraction of sp³-hybridized carbons (Fsp3) is 0.111. The Morgan fingerprint density at radius 3 is 2.84 bits per heavy atom. The lowest BCUT2D eigenvalue weighted by Crippen LogP contribution is -2.12. The molecule has 0 fully saturated rings. The highest BCUT2D eigenvalue weighted by molar-refractivity contribution is 7.09. The zero-order chi connectivity index (χ0) is 17.8. The van der Waals surface area contributed by atoms with Crippen LogP contribution in [0.4, 0.5) is 5.69 Å². The zero-order valence-electron chi connectivity index (χ0n) is 13.3. The van der Waals surface area contributed by atoms with E-state index < -0.39 is 0 Å². The van der Waals surface area contributed by atoms with Crippen LogP contribution in [0.2, 0.25) is 10.0 Å². The van der Waals surface area contributed by atoms with Gasteiger partial charge in [-0.3, -0.25) is 4.79 Å². The number of rotatable bonds is 5. The molecule has 2 aromatic carbocycles. The van der Waals surface area contributed by atoms with Crippen LogP contribution in [0.25, 0.3) is 0 Å². The van der Waals surface area contributed by atoms with Gasteiger partial charge in [-0.2, -0.15) is 0 Å². The predicted octanol–water partition coefficient (Wildman–Crippen LogP) is 5.59. The van der Waals surface area contributed by atoms with Crippen molar-refractivity contribution in [3.05, 3.63) is 74.2 Å². The molecule has 0 spiro atoms. The number of nitrogens with zero attached hydrogens (tertiary/aromatic N) is 1. The summed E-state index contributed by atoms with van der Waals surface area (Å²) in [5, 5.41) is 6.61. The van der Waals surface area contributed by atoms with Gasteiger partial charge in [-0.15, -0.1) is 11.3 Å². The number of halogens is 2. The van der Waals surface area contributed by atoms with Crippen molar-refractivity contribution in [2.45, 2.75) is 13.5 Å². The van der Waals surface area contributed by atoms with E-state index in [2.05, 4.69) is 10.3 Å². The molecule has 0 unspecified atom stereocenters. The Balaban J connectivity index is 1.69. The van der Waals surface area contributed by atoms with E-state index in [9.17, 15) is 4.79 Å². The van der Waals surface area contributed by atoms with Crippen LogP contribution in [0.15, 0.2) is 47.8 Å². The number of hydrogen-bond acceptors (Lipinski definition) is 4. The van der Waals surface area contributed by atoms with E-state index in [0.29, 0.717) is 33.7 Å². The summed E-state index contributed by atoms with van der Waals surface area (Å²) in [6.07, 6.45) is 0. The molecule has 0 radical (unpaired) electrons. The normalized spacial score (nSPS) is 10.5. The van der Waals surface area contributed by atoms with E-state index in [4.69, 9.17) is 27.9 Å². The number of amides is 1. The van der Waals surface area contributed by atoms with Gasteiger partial charge in [0.25, 0.3) is 5.91 Å². The molecule has 0 bridgehead atoms. The first-order valence-electron chi connectivity index (χ1n) is 7.41. The van der Waals surface area contributed by atoms with Crippen LogP contribution < -0.4 is 10.1 Å². The maximum atomic E-state index is 12.4. The molecule has 3 rings (SSSR count). The first kappa shape index (κ1) is 17.7. The summed E-state index contributed by atoms with van der Waals surface area (Å²) in [5.41, 5.74) is 1.79. The van der Waals surface area contributed by atoms with Gasteiger partial charge in [0.1, 0.15) is 12.4 Å². The Morgan fingerprint density at radius 2 is 2.08 bits per heavy atom. The minimum atomic E-state index is -0.292. The molecule has 0 aliphatic rings. The maximum absolute atomic E-state index is 12.4. The Labute approximate surface area is 159 Å². The van der Waals surface area contributed by atoms with Gasteiger partial charge >= 0.3 is 0 Å². The number of carbonyl (C=O) groups is 1. The molecular formula is C18H14Cl2N2O2S. The smallest absolute Gasteiger partial charge is 0.255 e. The van der Waals surface area contributed by atoms with Gasteiger partial charge in [-0.25, -0.2) is 4.98 Å². The lowest BCUT2D eigenvalue weighted by atomic mass is 10.2. The minimum absolute atomic E-state index is 0.292. The van der Waals surface area contributed by atoms with E-state index in [1.54, 1.807) is 53.8 Å². The van der Waals surface area contributed by atoms with Crippen molar-refractivity contribution in [2.24, 2.45) is 0 Å². The third kappa shape index (κ3) is 4.72. The number of aromatic nitrogens is 1. The standard InChI is InChI=1S/C18H14Cl2N2O2S/c1-11-21-14(10-25-11)9-24-15-4-2-3-12(7-15)18(23)22-17-8-13(19)5-6-16(17)20/h2-8,10H,9H2,1H3,(H,22,23). The maximum Gasteiger partial charge on any atom is 0.255 e. The number of anilines is 1. The lowest BCUT2D eigenvalue weighted by Gasteiger charge is -2.09. The van der Waals surface area contributed by atoms with Crippen LogP contribution in [0.1, 0.15) is 21.1 Å². The zero-order valence-corrected chi connectivity index (χ0v) is 15.6. The summed E-state index contributed by atoms with van der Waals surface area (Å²) < 4.78 is 5.71. The second-order valence-corrected chi connectivity index (χ2v) is 7.16. The van der Waals surface area contributed by atoms with Crippen LogP contribution in [-0.2, 0) is 6.61 Å². The summed E-state index contributed by atoms with van der Waals surface area (Å²) in [5.74, 6) is 0.301. The second-order valence-electron chi connectivity index (χ2n) is 5.25. The summed E-state index contributed by atoms with van der Waals surface area (Å²) in [4.78, 5) is 16.8. The van der Waals surface area contributed by atoms with Gasteiger partial charge < -0.3 is 10.1 Å². The van der Waals surface area contributed by atoms with Gasteiger partial charge in [0.05, 0.1) is 21.4 Å². The number of aryl methyl sites for hydroxylation is 1. The molecule has 0 aliphatic heterocycles. The number of nitrogens with one attached hydrogen (secondary N) is 1. The van der Waals surface area contributed by atoms with E-state index in [0.717, 1.165) is 10.7 Å². The monoisotopic (exact) mass is 392 g/mol. The molecule has 1 N–H and O–H groups in total. The van der Waals surface area contributed by atoms with E-state index in [-0.39, 0.29) is 5.91 Å². The molecule has 0 aliphatic carbocycles. The third-order valence-electron chi connectivity index (χ3n) is 3.33. The fourth-order valence-corrected chi connectivity index (χ4v) is 3.08. The average Bonchev–Trinajstić information content (AvgIpc) is 3.02. The van der Waals surface area contributed by atoms with Crippen molar-refractivity contribution in [2.75, 3.05) is 5.32 Å². The Bertz CT molecular complexity index is 912. The molecule has 1 aromatic heterocycles. The molecular weight excluding hydrogens is 379 g/mol. The second kappa shape index (κ2) is 7.87. The summed E-state index contributed by atoms with van der Waals surface area (Å²) in [6.45, 7) is 2.30. The topological polar surface area (TPSA) is 51.2 Å². The lowest BCUT2D eigenvalue weighted by molar-refractivity contribution is 0.102. The third-order valence-corrected chi connectivity index (χ3v) is 4.71. The minimum Gasteiger partial charge on any atom is -0.487 e. The van der Waals surface area contributed by atoms with E-state index in [1.165, 1.54) is 0 Å². The highest BCUT2D eigenvalue weighted by atomic mass is 35.5. The van der Waals surface area contributed by atoms with E-state index >= 15 is 0 Å². The Hall–Kier alpha value is -2.08. The van der Waals surface area contributed by atoms with Crippen molar-refractivity contribution >= 4 is 46.1 Å².